The van der Waals surface area contributed by atoms with Gasteiger partial charge in [0.05, 0.1) is 7.11 Å². The molecule has 1 atom stereocenters. The number of nitrogens with one attached hydrogen (secondary N) is 1. The molecule has 1 unspecified atom stereocenters. The SMILES string of the molecule is COc1ccc(CNC(=O)C(c2ccccc2)N(Cc2ccccc2)C(C)=O)cc1. The van der Waals surface area contributed by atoms with E-state index in [9.17, 15) is 9.59 Å². The van der Waals surface area contributed by atoms with E-state index < -0.39 is 6.04 Å². The summed E-state index contributed by atoms with van der Waals surface area (Å²) in [5.74, 6) is 0.383. The Morgan fingerprint density at radius 3 is 2.03 bits per heavy atom. The summed E-state index contributed by atoms with van der Waals surface area (Å²) in [5, 5.41) is 2.98. The molecule has 0 aliphatic heterocycles. The number of carbonyl (C=O) groups excluding carboxylic acids is 2. The van der Waals surface area contributed by atoms with E-state index in [1.165, 1.54) is 6.92 Å². The highest BCUT2D eigenvalue weighted by Gasteiger charge is 2.29. The molecule has 3 aromatic rings. The summed E-state index contributed by atoms with van der Waals surface area (Å²) in [6.07, 6.45) is 0. The van der Waals surface area contributed by atoms with E-state index in [1.54, 1.807) is 12.0 Å². The third kappa shape index (κ3) is 5.47. The van der Waals surface area contributed by atoms with Gasteiger partial charge in [0, 0.05) is 20.0 Å². The van der Waals surface area contributed by atoms with E-state index >= 15 is 0 Å². The zero-order valence-corrected chi connectivity index (χ0v) is 17.2. The van der Waals surface area contributed by atoms with Crippen LogP contribution in [-0.2, 0) is 22.7 Å². The highest BCUT2D eigenvalue weighted by Crippen LogP contribution is 2.24. The number of nitrogens with zero attached hydrogens (tertiary/aromatic N) is 1. The van der Waals surface area contributed by atoms with Crippen molar-refractivity contribution < 1.29 is 14.3 Å². The molecular weight excluding hydrogens is 376 g/mol. The zero-order valence-electron chi connectivity index (χ0n) is 17.2. The highest BCUT2D eigenvalue weighted by atomic mass is 16.5. The van der Waals surface area contributed by atoms with E-state index in [2.05, 4.69) is 5.32 Å². The summed E-state index contributed by atoms with van der Waals surface area (Å²) >= 11 is 0. The lowest BCUT2D eigenvalue weighted by Gasteiger charge is -2.30. The first kappa shape index (κ1) is 21.1. The van der Waals surface area contributed by atoms with E-state index in [0.29, 0.717) is 13.1 Å². The van der Waals surface area contributed by atoms with Gasteiger partial charge in [-0.1, -0.05) is 72.8 Å². The second-order valence-corrected chi connectivity index (χ2v) is 7.01. The first-order chi connectivity index (χ1) is 14.6. The summed E-state index contributed by atoms with van der Waals surface area (Å²) < 4.78 is 5.17. The van der Waals surface area contributed by atoms with Gasteiger partial charge in [0.2, 0.25) is 11.8 Å². The van der Waals surface area contributed by atoms with E-state index in [0.717, 1.165) is 22.4 Å². The number of benzene rings is 3. The minimum absolute atomic E-state index is 0.160. The fourth-order valence-corrected chi connectivity index (χ4v) is 3.30. The predicted octanol–water partition coefficient (Wildman–Crippen LogP) is 4.10. The van der Waals surface area contributed by atoms with Crippen LogP contribution in [-0.4, -0.2) is 23.8 Å². The molecule has 0 saturated heterocycles. The van der Waals surface area contributed by atoms with Gasteiger partial charge < -0.3 is 15.0 Å². The first-order valence-corrected chi connectivity index (χ1v) is 9.85. The molecule has 0 saturated carbocycles. The van der Waals surface area contributed by atoms with E-state index in [1.807, 2.05) is 84.9 Å². The lowest BCUT2D eigenvalue weighted by Crippen LogP contribution is -2.42. The molecule has 0 spiro atoms. The Morgan fingerprint density at radius 1 is 0.867 bits per heavy atom. The van der Waals surface area contributed by atoms with Crippen LogP contribution in [0.1, 0.15) is 29.7 Å². The maximum atomic E-state index is 13.2. The third-order valence-electron chi connectivity index (χ3n) is 4.90. The fraction of sp³-hybridized carbons (Fsp3) is 0.200. The van der Waals surface area contributed by atoms with Gasteiger partial charge in [0.1, 0.15) is 11.8 Å². The Bertz CT molecular complexity index is 957. The summed E-state index contributed by atoms with van der Waals surface area (Å²) in [4.78, 5) is 27.4. The van der Waals surface area contributed by atoms with Crippen molar-refractivity contribution >= 4 is 11.8 Å². The van der Waals surface area contributed by atoms with Gasteiger partial charge in [-0.2, -0.15) is 0 Å². The molecule has 0 aliphatic rings. The zero-order chi connectivity index (χ0) is 21.3. The van der Waals surface area contributed by atoms with Crippen molar-refractivity contribution in [2.75, 3.05) is 7.11 Å². The molecule has 0 bridgehead atoms. The molecule has 0 aliphatic carbocycles. The maximum Gasteiger partial charge on any atom is 0.247 e. The molecule has 3 aromatic carbocycles. The minimum atomic E-state index is -0.720. The summed E-state index contributed by atoms with van der Waals surface area (Å²) in [5.41, 5.74) is 2.70. The second-order valence-electron chi connectivity index (χ2n) is 7.01. The van der Waals surface area contributed by atoms with Crippen LogP contribution in [0.15, 0.2) is 84.9 Å². The predicted molar refractivity (Wildman–Crippen MR) is 117 cm³/mol. The Kier molecular flexibility index (Phi) is 7.22. The smallest absolute Gasteiger partial charge is 0.247 e. The normalized spacial score (nSPS) is 11.4. The van der Waals surface area contributed by atoms with Crippen molar-refractivity contribution in [1.82, 2.24) is 10.2 Å². The molecule has 30 heavy (non-hydrogen) atoms. The van der Waals surface area contributed by atoms with Gasteiger partial charge in [-0.05, 0) is 28.8 Å². The lowest BCUT2D eigenvalue weighted by atomic mass is 10.0. The van der Waals surface area contributed by atoms with Crippen LogP contribution in [0.4, 0.5) is 0 Å². The number of amides is 2. The molecule has 0 heterocycles. The average molecular weight is 402 g/mol. The number of methoxy groups -OCH3 is 1. The van der Waals surface area contributed by atoms with E-state index in [4.69, 9.17) is 4.74 Å². The molecule has 5 nitrogen and oxygen atoms in total. The molecule has 154 valence electrons. The van der Waals surface area contributed by atoms with Crippen molar-refractivity contribution in [2.45, 2.75) is 26.1 Å². The summed E-state index contributed by atoms with van der Waals surface area (Å²) in [6.45, 7) is 2.21. The molecule has 0 fully saturated rings. The standard InChI is InChI=1S/C25H26N2O3/c1-19(28)27(18-21-9-5-3-6-10-21)24(22-11-7-4-8-12-22)25(29)26-17-20-13-15-23(30-2)16-14-20/h3-16,24H,17-18H2,1-2H3,(H,26,29). The number of hydrogen-bond donors (Lipinski definition) is 1. The van der Waals surface area contributed by atoms with Crippen LogP contribution in [0.3, 0.4) is 0 Å². The molecule has 1 N–H and O–H groups in total. The number of rotatable bonds is 8. The van der Waals surface area contributed by atoms with Gasteiger partial charge in [-0.15, -0.1) is 0 Å². The van der Waals surface area contributed by atoms with Gasteiger partial charge in [-0.25, -0.2) is 0 Å². The van der Waals surface area contributed by atoms with Gasteiger partial charge in [-0.3, -0.25) is 9.59 Å². The first-order valence-electron chi connectivity index (χ1n) is 9.85. The molecule has 3 rings (SSSR count). The third-order valence-corrected chi connectivity index (χ3v) is 4.90. The average Bonchev–Trinajstić information content (AvgIpc) is 2.79. The van der Waals surface area contributed by atoms with Crippen molar-refractivity contribution in [3.8, 4) is 5.75 Å². The quantitative estimate of drug-likeness (QED) is 0.617. The largest absolute Gasteiger partial charge is 0.497 e. The van der Waals surface area contributed by atoms with Gasteiger partial charge in [0.25, 0.3) is 0 Å². The van der Waals surface area contributed by atoms with Crippen molar-refractivity contribution in [3.63, 3.8) is 0 Å². The highest BCUT2D eigenvalue weighted by molar-refractivity contribution is 5.88. The van der Waals surface area contributed by atoms with Crippen LogP contribution < -0.4 is 10.1 Å². The number of carbonyl (C=O) groups is 2. The molecular formula is C25H26N2O3. The topological polar surface area (TPSA) is 58.6 Å². The van der Waals surface area contributed by atoms with Crippen LogP contribution in [0.2, 0.25) is 0 Å². The second kappa shape index (κ2) is 10.3. The number of ether oxygens (including phenoxy) is 1. The van der Waals surface area contributed by atoms with Crippen molar-refractivity contribution in [1.29, 1.82) is 0 Å². The van der Waals surface area contributed by atoms with Gasteiger partial charge >= 0.3 is 0 Å². The Morgan fingerprint density at radius 2 is 1.47 bits per heavy atom. The van der Waals surface area contributed by atoms with Gasteiger partial charge in [0.15, 0.2) is 0 Å². The Balaban J connectivity index is 1.83. The monoisotopic (exact) mass is 402 g/mol. The van der Waals surface area contributed by atoms with Crippen LogP contribution >= 0.6 is 0 Å². The van der Waals surface area contributed by atoms with Crippen LogP contribution in [0.5, 0.6) is 5.75 Å². The van der Waals surface area contributed by atoms with Crippen LogP contribution in [0.25, 0.3) is 0 Å². The molecule has 5 heteroatoms. The van der Waals surface area contributed by atoms with Crippen LogP contribution in [0, 0.1) is 0 Å². The Hall–Kier alpha value is -3.60. The fourth-order valence-electron chi connectivity index (χ4n) is 3.30. The molecule has 0 aromatic heterocycles. The molecule has 0 radical (unpaired) electrons. The summed E-state index contributed by atoms with van der Waals surface area (Å²) in [7, 11) is 1.62. The van der Waals surface area contributed by atoms with Crippen molar-refractivity contribution in [3.05, 3.63) is 102 Å². The maximum absolute atomic E-state index is 13.2. The molecule has 2 amide bonds. The number of hydrogen-bond acceptors (Lipinski definition) is 3. The summed E-state index contributed by atoms with van der Waals surface area (Å²) in [6, 6.07) is 25.9. The lowest BCUT2D eigenvalue weighted by molar-refractivity contribution is -0.140. The van der Waals surface area contributed by atoms with Crippen molar-refractivity contribution in [2.24, 2.45) is 0 Å². The van der Waals surface area contributed by atoms with E-state index in [-0.39, 0.29) is 11.8 Å². The Labute approximate surface area is 177 Å². The minimum Gasteiger partial charge on any atom is -0.497 e.